The summed E-state index contributed by atoms with van der Waals surface area (Å²) in [5.41, 5.74) is 5.98. The van der Waals surface area contributed by atoms with Gasteiger partial charge in [-0.25, -0.2) is 0 Å². The number of carbonyl (C=O) groups excluding carboxylic acids is 6. The summed E-state index contributed by atoms with van der Waals surface area (Å²) < 4.78 is 0. The van der Waals surface area contributed by atoms with E-state index >= 15 is 0 Å². The van der Waals surface area contributed by atoms with Crippen LogP contribution in [0.1, 0.15) is 147 Å². The highest BCUT2D eigenvalue weighted by atomic mass is 16.4. The number of amides is 6. The first-order valence-electron chi connectivity index (χ1n) is 24.1. The van der Waals surface area contributed by atoms with Gasteiger partial charge in [-0.1, -0.05) is 106 Å². The first kappa shape index (κ1) is 48.5. The van der Waals surface area contributed by atoms with Crippen molar-refractivity contribution in [1.82, 2.24) is 19.6 Å². The molecule has 4 aromatic carbocycles. The van der Waals surface area contributed by atoms with E-state index in [1.807, 2.05) is 58.3 Å². The van der Waals surface area contributed by atoms with Crippen LogP contribution in [0.15, 0.2) is 97.1 Å². The SMILES string of the molecule is C.O=C(O)[C@@H]1CCCC[C@@H]1C(=O)N1CCc2ccccc2[C@@H]1CCN1C(=O)c2ccccc2C1=O.O=C(O)[C@H]1CCCC[C@H]1C(=O)N1CCc2ccccc2[C@H]1CCN1C(=O)c2ccccc2C1=O. The van der Waals surface area contributed by atoms with Crippen molar-refractivity contribution in [3.63, 3.8) is 0 Å². The summed E-state index contributed by atoms with van der Waals surface area (Å²) in [6.07, 6.45) is 7.81. The van der Waals surface area contributed by atoms with Crippen LogP contribution in [0.4, 0.5) is 0 Å². The normalized spacial score (nSPS) is 23.7. The second-order valence-electron chi connectivity index (χ2n) is 18.9. The van der Waals surface area contributed by atoms with Crippen LogP contribution in [0.5, 0.6) is 0 Å². The third-order valence-electron chi connectivity index (χ3n) is 15.2. The van der Waals surface area contributed by atoms with Gasteiger partial charge in [0.05, 0.1) is 58.0 Å². The summed E-state index contributed by atoms with van der Waals surface area (Å²) in [5, 5.41) is 19.4. The van der Waals surface area contributed by atoms with Gasteiger partial charge in [0.15, 0.2) is 0 Å². The first-order chi connectivity index (χ1) is 32.9. The molecule has 4 aromatic rings. The zero-order valence-corrected chi connectivity index (χ0v) is 38.0. The topological polar surface area (TPSA) is 190 Å². The predicted molar refractivity (Wildman–Crippen MR) is 255 cm³/mol. The summed E-state index contributed by atoms with van der Waals surface area (Å²) in [4.78, 5) is 109. The molecule has 69 heavy (non-hydrogen) atoms. The molecule has 14 nitrogen and oxygen atoms in total. The monoisotopic (exact) mass is 936 g/mol. The number of benzene rings is 4. The van der Waals surface area contributed by atoms with E-state index in [1.165, 1.54) is 9.80 Å². The maximum absolute atomic E-state index is 13.7. The molecule has 10 rings (SSSR count). The highest BCUT2D eigenvalue weighted by molar-refractivity contribution is 6.22. The highest BCUT2D eigenvalue weighted by Gasteiger charge is 2.44. The Kier molecular flexibility index (Phi) is 14.6. The standard InChI is InChI=1S/2C27H28N2O5.CH4/c2*30-24(21-11-5-6-12-22(21)27(33)34)28-15-13-17-7-1-2-8-18(17)23(28)14-16-29-25(31)19-9-3-4-10-20(19)26(29)32;/h2*1-4,7-10,21-23H,5-6,11-16H2,(H,33,34);1H4/t2*21-,22+,23-;/m10./s1. The highest BCUT2D eigenvalue weighted by Crippen LogP contribution is 2.41. The van der Waals surface area contributed by atoms with Crippen LogP contribution >= 0.6 is 0 Å². The number of rotatable bonds is 10. The molecule has 2 saturated carbocycles. The molecule has 0 radical (unpaired) electrons. The molecule has 2 aliphatic carbocycles. The molecule has 0 bridgehead atoms. The van der Waals surface area contributed by atoms with Crippen molar-refractivity contribution in [2.24, 2.45) is 23.7 Å². The van der Waals surface area contributed by atoms with Gasteiger partial charge >= 0.3 is 11.9 Å². The lowest BCUT2D eigenvalue weighted by atomic mass is 9.77. The van der Waals surface area contributed by atoms with Gasteiger partial charge in [0.1, 0.15) is 0 Å². The maximum atomic E-state index is 13.7. The number of carbonyl (C=O) groups is 8. The Labute approximate surface area is 402 Å². The minimum Gasteiger partial charge on any atom is -0.481 e. The third-order valence-corrected chi connectivity index (χ3v) is 15.2. The van der Waals surface area contributed by atoms with Crippen LogP contribution in [0.25, 0.3) is 0 Å². The van der Waals surface area contributed by atoms with Crippen molar-refractivity contribution in [3.8, 4) is 0 Å². The van der Waals surface area contributed by atoms with Gasteiger partial charge in [0.2, 0.25) is 11.8 Å². The van der Waals surface area contributed by atoms with Gasteiger partial charge in [0, 0.05) is 26.2 Å². The fourth-order valence-corrected chi connectivity index (χ4v) is 11.7. The molecule has 14 heteroatoms. The molecule has 0 saturated heterocycles. The lowest BCUT2D eigenvalue weighted by Crippen LogP contribution is -2.47. The van der Waals surface area contributed by atoms with Crippen molar-refractivity contribution in [2.75, 3.05) is 26.2 Å². The molecule has 6 atom stereocenters. The van der Waals surface area contributed by atoms with Crippen LogP contribution < -0.4 is 0 Å². The minimum atomic E-state index is -0.905. The average Bonchev–Trinajstić information content (AvgIpc) is 3.76. The summed E-state index contributed by atoms with van der Waals surface area (Å²) in [5.74, 6) is -5.63. The molecule has 360 valence electrons. The third kappa shape index (κ3) is 9.33. The number of imide groups is 2. The van der Waals surface area contributed by atoms with Crippen molar-refractivity contribution in [1.29, 1.82) is 0 Å². The molecular weight excluding hydrogens is 877 g/mol. The molecule has 0 aromatic heterocycles. The van der Waals surface area contributed by atoms with Gasteiger partial charge in [-0.3, -0.25) is 48.2 Å². The lowest BCUT2D eigenvalue weighted by Gasteiger charge is -2.41. The van der Waals surface area contributed by atoms with Crippen LogP contribution in [-0.4, -0.2) is 103 Å². The number of carboxylic acid groups (broad SMARTS) is 2. The second kappa shape index (κ2) is 20.7. The van der Waals surface area contributed by atoms with Crippen LogP contribution in [0, 0.1) is 23.7 Å². The van der Waals surface area contributed by atoms with Gasteiger partial charge in [0.25, 0.3) is 23.6 Å². The molecule has 0 unspecified atom stereocenters. The van der Waals surface area contributed by atoms with Crippen LogP contribution in [0.3, 0.4) is 0 Å². The molecule has 4 heterocycles. The Bertz CT molecular complexity index is 2430. The molecule has 2 N–H and O–H groups in total. The predicted octanol–water partition coefficient (Wildman–Crippen LogP) is 8.02. The first-order valence-corrected chi connectivity index (χ1v) is 24.1. The van der Waals surface area contributed by atoms with E-state index < -0.39 is 35.6 Å². The molecular formula is C55H60N4O10. The van der Waals surface area contributed by atoms with E-state index in [4.69, 9.17) is 0 Å². The molecule has 4 aliphatic heterocycles. The Morgan fingerprint density at radius 3 is 1.09 bits per heavy atom. The number of nitrogens with zero attached hydrogens (tertiary/aromatic N) is 4. The van der Waals surface area contributed by atoms with Gasteiger partial charge in [-0.15, -0.1) is 0 Å². The fourth-order valence-electron chi connectivity index (χ4n) is 11.7. The van der Waals surface area contributed by atoms with E-state index in [2.05, 4.69) is 0 Å². The molecule has 2 fully saturated rings. The van der Waals surface area contributed by atoms with Gasteiger partial charge in [-0.2, -0.15) is 0 Å². The number of fused-ring (bicyclic) bond motifs is 4. The average molecular weight is 937 g/mol. The summed E-state index contributed by atoms with van der Waals surface area (Å²) in [6, 6.07) is 28.9. The number of hydrogen-bond acceptors (Lipinski definition) is 8. The summed E-state index contributed by atoms with van der Waals surface area (Å²) >= 11 is 0. The van der Waals surface area contributed by atoms with Crippen molar-refractivity contribution in [3.05, 3.63) is 142 Å². The fraction of sp³-hybridized carbons (Fsp3) is 0.418. The lowest BCUT2D eigenvalue weighted by molar-refractivity contribution is -0.153. The van der Waals surface area contributed by atoms with E-state index in [0.29, 0.717) is 86.7 Å². The smallest absolute Gasteiger partial charge is 0.307 e. The Balaban J connectivity index is 0.000000183. The quantitative estimate of drug-likeness (QED) is 0.147. The van der Waals surface area contributed by atoms with E-state index in [1.54, 1.807) is 48.5 Å². The van der Waals surface area contributed by atoms with Gasteiger partial charge in [-0.05, 0) is 97.9 Å². The van der Waals surface area contributed by atoms with Gasteiger partial charge < -0.3 is 20.0 Å². The summed E-state index contributed by atoms with van der Waals surface area (Å²) in [7, 11) is 0. The Hall–Kier alpha value is -6.96. The summed E-state index contributed by atoms with van der Waals surface area (Å²) in [6.45, 7) is 1.40. The number of aliphatic carboxylic acids is 2. The number of carboxylic acids is 2. The van der Waals surface area contributed by atoms with Crippen molar-refractivity contribution < 1.29 is 48.6 Å². The molecule has 6 aliphatic rings. The van der Waals surface area contributed by atoms with Crippen molar-refractivity contribution in [2.45, 2.75) is 96.6 Å². The van der Waals surface area contributed by atoms with Crippen LogP contribution in [-0.2, 0) is 32.0 Å². The van der Waals surface area contributed by atoms with E-state index in [-0.39, 0.29) is 68.0 Å². The van der Waals surface area contributed by atoms with E-state index in [9.17, 15) is 48.6 Å². The second-order valence-corrected chi connectivity index (χ2v) is 18.9. The largest absolute Gasteiger partial charge is 0.481 e. The Morgan fingerprint density at radius 2 is 0.754 bits per heavy atom. The van der Waals surface area contributed by atoms with Crippen molar-refractivity contribution >= 4 is 47.4 Å². The Morgan fingerprint density at radius 1 is 0.449 bits per heavy atom. The number of hydrogen-bond donors (Lipinski definition) is 2. The maximum Gasteiger partial charge on any atom is 0.307 e. The van der Waals surface area contributed by atoms with E-state index in [0.717, 1.165) is 47.9 Å². The minimum absolute atomic E-state index is 0. The molecule has 0 spiro atoms. The van der Waals surface area contributed by atoms with Crippen LogP contribution in [0.2, 0.25) is 0 Å². The zero-order valence-electron chi connectivity index (χ0n) is 38.0. The zero-order chi connectivity index (χ0) is 47.6. The molecule has 6 amide bonds.